The van der Waals surface area contributed by atoms with Gasteiger partial charge in [-0.15, -0.1) is 0 Å². The molecule has 0 aliphatic rings. The Labute approximate surface area is 102 Å². The first-order chi connectivity index (χ1) is 7.79. The van der Waals surface area contributed by atoms with E-state index < -0.39 is 22.1 Å². The standard InChI is InChI=1S/C9H9F4NOS2/c10-7-5-6(14)1-2-8(7)17(15)4-3-16-9(11,12)13/h1-2,5H,3-4,14H2. The summed E-state index contributed by atoms with van der Waals surface area (Å²) in [5, 5.41) is 0. The number of thioether (sulfide) groups is 1. The fourth-order valence-corrected chi connectivity index (χ4v) is 2.93. The first-order valence-electron chi connectivity index (χ1n) is 4.43. The maximum atomic E-state index is 13.3. The molecular weight excluding hydrogens is 278 g/mol. The second kappa shape index (κ2) is 5.72. The molecule has 0 radical (unpaired) electrons. The predicted molar refractivity (Wildman–Crippen MR) is 60.6 cm³/mol. The van der Waals surface area contributed by atoms with Crippen LogP contribution < -0.4 is 5.73 Å². The maximum Gasteiger partial charge on any atom is 0.441 e. The van der Waals surface area contributed by atoms with Gasteiger partial charge in [0.15, 0.2) is 0 Å². The monoisotopic (exact) mass is 287 g/mol. The Hall–Kier alpha value is -0.760. The number of nitrogen functional groups attached to an aromatic ring is 1. The van der Waals surface area contributed by atoms with Crippen molar-refractivity contribution >= 4 is 28.2 Å². The summed E-state index contributed by atoms with van der Waals surface area (Å²) in [7, 11) is -1.79. The summed E-state index contributed by atoms with van der Waals surface area (Å²) >= 11 is -0.275. The predicted octanol–water partition coefficient (Wildman–Crippen LogP) is 2.77. The van der Waals surface area contributed by atoms with Crippen LogP contribution in [0.25, 0.3) is 0 Å². The molecule has 2 N–H and O–H groups in total. The molecule has 8 heteroatoms. The molecular formula is C9H9F4NOS2. The summed E-state index contributed by atoms with van der Waals surface area (Å²) in [6.07, 6.45) is 0. The fraction of sp³-hybridized carbons (Fsp3) is 0.333. The van der Waals surface area contributed by atoms with Crippen molar-refractivity contribution < 1.29 is 21.8 Å². The summed E-state index contributed by atoms with van der Waals surface area (Å²) < 4.78 is 60.2. The van der Waals surface area contributed by atoms with Crippen molar-refractivity contribution in [3.05, 3.63) is 24.0 Å². The molecule has 0 saturated heterocycles. The van der Waals surface area contributed by atoms with Gasteiger partial charge in [0.1, 0.15) is 5.82 Å². The van der Waals surface area contributed by atoms with Gasteiger partial charge in [-0.2, -0.15) is 13.2 Å². The fourth-order valence-electron chi connectivity index (χ4n) is 1.04. The highest BCUT2D eigenvalue weighted by Gasteiger charge is 2.28. The quantitative estimate of drug-likeness (QED) is 0.684. The largest absolute Gasteiger partial charge is 0.441 e. The zero-order valence-corrected chi connectivity index (χ0v) is 10.1. The Morgan fingerprint density at radius 2 is 2.00 bits per heavy atom. The summed E-state index contributed by atoms with van der Waals surface area (Å²) in [5.41, 5.74) is 1.11. The van der Waals surface area contributed by atoms with Crippen LogP contribution in [0.4, 0.5) is 23.2 Å². The van der Waals surface area contributed by atoms with E-state index in [1.54, 1.807) is 0 Å². The second-order valence-electron chi connectivity index (χ2n) is 3.03. The van der Waals surface area contributed by atoms with Crippen molar-refractivity contribution in [2.24, 2.45) is 0 Å². The zero-order valence-electron chi connectivity index (χ0n) is 8.46. The third kappa shape index (κ3) is 4.95. The van der Waals surface area contributed by atoms with Crippen molar-refractivity contribution in [3.63, 3.8) is 0 Å². The maximum absolute atomic E-state index is 13.3. The minimum absolute atomic E-state index is 0.123. The first kappa shape index (κ1) is 14.3. The van der Waals surface area contributed by atoms with Gasteiger partial charge in [0, 0.05) is 17.2 Å². The van der Waals surface area contributed by atoms with Gasteiger partial charge in [0.05, 0.1) is 15.7 Å². The molecule has 1 atom stereocenters. The molecule has 0 heterocycles. The molecule has 0 aliphatic carbocycles. The normalized spacial score (nSPS) is 13.6. The van der Waals surface area contributed by atoms with E-state index in [1.807, 2.05) is 0 Å². The van der Waals surface area contributed by atoms with Gasteiger partial charge in [0.25, 0.3) is 0 Å². The Kier molecular flexibility index (Phi) is 4.81. The van der Waals surface area contributed by atoms with Crippen molar-refractivity contribution in [2.45, 2.75) is 10.4 Å². The van der Waals surface area contributed by atoms with E-state index >= 15 is 0 Å². The first-order valence-corrected chi connectivity index (χ1v) is 6.74. The van der Waals surface area contributed by atoms with Crippen LogP contribution >= 0.6 is 11.8 Å². The van der Waals surface area contributed by atoms with Crippen LogP contribution in [-0.2, 0) is 10.8 Å². The number of hydrogen-bond donors (Lipinski definition) is 1. The molecule has 96 valence electrons. The molecule has 0 aromatic heterocycles. The minimum Gasteiger partial charge on any atom is -0.399 e. The minimum atomic E-state index is -4.36. The average Bonchev–Trinajstić information content (AvgIpc) is 2.15. The van der Waals surface area contributed by atoms with E-state index in [-0.39, 0.29) is 33.9 Å². The Morgan fingerprint density at radius 3 is 2.53 bits per heavy atom. The van der Waals surface area contributed by atoms with E-state index in [0.717, 1.165) is 6.07 Å². The van der Waals surface area contributed by atoms with Crippen molar-refractivity contribution in [3.8, 4) is 0 Å². The lowest BCUT2D eigenvalue weighted by molar-refractivity contribution is -0.0326. The van der Waals surface area contributed by atoms with E-state index in [9.17, 15) is 21.8 Å². The molecule has 1 rings (SSSR count). The van der Waals surface area contributed by atoms with Gasteiger partial charge in [-0.25, -0.2) is 4.39 Å². The lowest BCUT2D eigenvalue weighted by Gasteiger charge is -2.06. The number of rotatable bonds is 4. The molecule has 0 fully saturated rings. The number of alkyl halides is 3. The molecule has 1 aromatic carbocycles. The highest BCUT2D eigenvalue weighted by atomic mass is 32.2. The Morgan fingerprint density at radius 1 is 1.35 bits per heavy atom. The van der Waals surface area contributed by atoms with E-state index in [1.165, 1.54) is 12.1 Å². The second-order valence-corrected chi connectivity index (χ2v) is 5.73. The van der Waals surface area contributed by atoms with Gasteiger partial charge in [-0.1, -0.05) is 11.8 Å². The summed E-state index contributed by atoms with van der Waals surface area (Å²) in [6.45, 7) is 0. The van der Waals surface area contributed by atoms with Crippen LogP contribution in [0.15, 0.2) is 23.1 Å². The molecule has 2 nitrogen and oxygen atoms in total. The van der Waals surface area contributed by atoms with Crippen molar-refractivity contribution in [1.29, 1.82) is 0 Å². The van der Waals surface area contributed by atoms with Crippen molar-refractivity contribution in [1.82, 2.24) is 0 Å². The zero-order chi connectivity index (χ0) is 13.1. The number of nitrogens with two attached hydrogens (primary N) is 1. The van der Waals surface area contributed by atoms with Gasteiger partial charge in [0.2, 0.25) is 0 Å². The van der Waals surface area contributed by atoms with E-state index in [2.05, 4.69) is 0 Å². The van der Waals surface area contributed by atoms with Crippen LogP contribution in [0.3, 0.4) is 0 Å². The SMILES string of the molecule is Nc1ccc(S(=O)CCSC(F)(F)F)c(F)c1. The third-order valence-corrected chi connectivity index (χ3v) is 4.13. The smallest absolute Gasteiger partial charge is 0.399 e. The Bertz CT molecular complexity index is 422. The average molecular weight is 287 g/mol. The molecule has 0 bridgehead atoms. The number of anilines is 1. The van der Waals surface area contributed by atoms with Crippen LogP contribution in [0.2, 0.25) is 0 Å². The number of halogens is 4. The highest BCUT2D eigenvalue weighted by Crippen LogP contribution is 2.30. The van der Waals surface area contributed by atoms with Crippen LogP contribution in [0, 0.1) is 5.82 Å². The topological polar surface area (TPSA) is 43.1 Å². The lowest BCUT2D eigenvalue weighted by atomic mass is 10.3. The van der Waals surface area contributed by atoms with Crippen LogP contribution in [-0.4, -0.2) is 21.2 Å². The molecule has 1 aromatic rings. The summed E-state index contributed by atoms with van der Waals surface area (Å²) in [4.78, 5) is -0.123. The summed E-state index contributed by atoms with van der Waals surface area (Å²) in [6, 6.07) is 3.57. The highest BCUT2D eigenvalue weighted by molar-refractivity contribution is 8.00. The van der Waals surface area contributed by atoms with Crippen LogP contribution in [0.1, 0.15) is 0 Å². The third-order valence-electron chi connectivity index (χ3n) is 1.74. The van der Waals surface area contributed by atoms with Gasteiger partial charge < -0.3 is 5.73 Å². The molecule has 0 aliphatic heterocycles. The van der Waals surface area contributed by atoms with Gasteiger partial charge in [-0.3, -0.25) is 4.21 Å². The van der Waals surface area contributed by atoms with Gasteiger partial charge in [-0.05, 0) is 18.2 Å². The number of hydrogen-bond acceptors (Lipinski definition) is 3. The molecule has 0 saturated carbocycles. The molecule has 1 unspecified atom stereocenters. The lowest BCUT2D eigenvalue weighted by Crippen LogP contribution is -2.08. The summed E-state index contributed by atoms with van der Waals surface area (Å²) in [5.74, 6) is -1.40. The van der Waals surface area contributed by atoms with Crippen molar-refractivity contribution in [2.75, 3.05) is 17.2 Å². The van der Waals surface area contributed by atoms with Crippen LogP contribution in [0.5, 0.6) is 0 Å². The molecule has 0 amide bonds. The van der Waals surface area contributed by atoms with E-state index in [0.29, 0.717) is 0 Å². The Balaban J connectivity index is 2.59. The van der Waals surface area contributed by atoms with E-state index in [4.69, 9.17) is 5.73 Å². The molecule has 17 heavy (non-hydrogen) atoms. The van der Waals surface area contributed by atoms with Gasteiger partial charge >= 0.3 is 5.51 Å². The number of benzene rings is 1. The molecule has 0 spiro atoms.